The minimum absolute atomic E-state index is 0.0474. The first-order valence-electron chi connectivity index (χ1n) is 10.5. The lowest BCUT2D eigenvalue weighted by Crippen LogP contribution is -2.66. The third kappa shape index (κ3) is 3.51. The fourth-order valence-corrected chi connectivity index (χ4v) is 8.88. The molecule has 0 aliphatic rings. The number of imidazole rings is 1. The standard InChI is InChI=1S/C26H30N2OSi/c1-19-16-17-23-25(20(19)2)28-24(27-23)18-29-30(26(3,4)5,21-12-8-6-9-13-21)22-14-10-7-11-15-22/h6-17H,18H2,1-5H3,(H,27,28). The summed E-state index contributed by atoms with van der Waals surface area (Å²) in [5.74, 6) is 0.881. The molecule has 1 N–H and O–H groups in total. The highest BCUT2D eigenvalue weighted by Gasteiger charge is 2.50. The topological polar surface area (TPSA) is 37.9 Å². The molecule has 0 unspecified atom stereocenters. The van der Waals surface area contributed by atoms with E-state index in [4.69, 9.17) is 9.41 Å². The van der Waals surface area contributed by atoms with Gasteiger partial charge in [-0.1, -0.05) is 87.5 Å². The Labute approximate surface area is 180 Å². The molecule has 0 aliphatic heterocycles. The predicted octanol–water partition coefficient (Wildman–Crippen LogP) is 5.26. The van der Waals surface area contributed by atoms with E-state index < -0.39 is 8.32 Å². The molecule has 0 spiro atoms. The van der Waals surface area contributed by atoms with Gasteiger partial charge in [-0.3, -0.25) is 0 Å². The van der Waals surface area contributed by atoms with E-state index >= 15 is 0 Å². The van der Waals surface area contributed by atoms with E-state index in [0.717, 1.165) is 16.9 Å². The molecule has 0 fully saturated rings. The second kappa shape index (κ2) is 7.86. The monoisotopic (exact) mass is 414 g/mol. The van der Waals surface area contributed by atoms with Crippen molar-refractivity contribution in [1.82, 2.24) is 9.97 Å². The Morgan fingerprint density at radius 2 is 1.40 bits per heavy atom. The Bertz CT molecular complexity index is 1100. The molecular formula is C26H30N2OSi. The van der Waals surface area contributed by atoms with E-state index in [-0.39, 0.29) is 5.04 Å². The summed E-state index contributed by atoms with van der Waals surface area (Å²) in [7, 11) is -2.57. The summed E-state index contributed by atoms with van der Waals surface area (Å²) in [6.07, 6.45) is 0. The summed E-state index contributed by atoms with van der Waals surface area (Å²) in [6.45, 7) is 11.6. The number of hydrogen-bond donors (Lipinski definition) is 1. The molecular weight excluding hydrogens is 384 g/mol. The normalized spacial score (nSPS) is 12.4. The number of nitrogens with one attached hydrogen (secondary N) is 1. The van der Waals surface area contributed by atoms with Crippen LogP contribution in [-0.4, -0.2) is 18.3 Å². The summed E-state index contributed by atoms with van der Waals surface area (Å²) >= 11 is 0. The number of aryl methyl sites for hydroxylation is 2. The fraction of sp³-hybridized carbons (Fsp3) is 0.269. The van der Waals surface area contributed by atoms with Crippen LogP contribution < -0.4 is 10.4 Å². The van der Waals surface area contributed by atoms with Crippen molar-refractivity contribution in [2.75, 3.05) is 0 Å². The lowest BCUT2D eigenvalue weighted by atomic mass is 10.1. The average molecular weight is 415 g/mol. The average Bonchev–Trinajstić information content (AvgIpc) is 3.16. The second-order valence-corrected chi connectivity index (χ2v) is 13.3. The number of aromatic nitrogens is 2. The van der Waals surface area contributed by atoms with Gasteiger partial charge in [0, 0.05) is 0 Å². The Morgan fingerprint density at radius 1 is 0.833 bits per heavy atom. The van der Waals surface area contributed by atoms with Crippen LogP contribution in [0.1, 0.15) is 37.7 Å². The van der Waals surface area contributed by atoms with Crippen LogP contribution >= 0.6 is 0 Å². The molecule has 0 aliphatic carbocycles. The molecule has 0 atom stereocenters. The highest BCUT2D eigenvalue weighted by Crippen LogP contribution is 2.37. The van der Waals surface area contributed by atoms with Gasteiger partial charge in [-0.05, 0) is 46.5 Å². The first kappa shape index (κ1) is 20.6. The zero-order valence-corrected chi connectivity index (χ0v) is 19.5. The van der Waals surface area contributed by atoms with Crippen LogP contribution in [0.2, 0.25) is 5.04 Å². The lowest BCUT2D eigenvalue weighted by Gasteiger charge is -2.42. The van der Waals surface area contributed by atoms with Crippen molar-refractivity contribution in [3.8, 4) is 0 Å². The smallest absolute Gasteiger partial charge is 0.261 e. The number of benzene rings is 3. The molecule has 4 rings (SSSR count). The molecule has 154 valence electrons. The summed E-state index contributed by atoms with van der Waals surface area (Å²) in [4.78, 5) is 8.36. The third-order valence-electron chi connectivity index (χ3n) is 6.07. The van der Waals surface area contributed by atoms with Crippen molar-refractivity contribution in [1.29, 1.82) is 0 Å². The van der Waals surface area contributed by atoms with Crippen LogP contribution in [0.5, 0.6) is 0 Å². The lowest BCUT2D eigenvalue weighted by molar-refractivity contribution is 0.278. The molecule has 3 aromatic carbocycles. The Balaban J connectivity index is 1.80. The van der Waals surface area contributed by atoms with E-state index in [1.165, 1.54) is 21.5 Å². The van der Waals surface area contributed by atoms with Crippen molar-refractivity contribution in [2.45, 2.75) is 46.3 Å². The van der Waals surface area contributed by atoms with Crippen molar-refractivity contribution < 1.29 is 4.43 Å². The van der Waals surface area contributed by atoms with Gasteiger partial charge in [0.15, 0.2) is 0 Å². The highest BCUT2D eigenvalue weighted by molar-refractivity contribution is 6.99. The van der Waals surface area contributed by atoms with Gasteiger partial charge >= 0.3 is 0 Å². The Hall–Kier alpha value is -2.69. The molecule has 4 heteroatoms. The van der Waals surface area contributed by atoms with Gasteiger partial charge in [0.25, 0.3) is 8.32 Å². The maximum atomic E-state index is 7.00. The summed E-state index contributed by atoms with van der Waals surface area (Å²) in [5, 5.41) is 2.52. The summed E-state index contributed by atoms with van der Waals surface area (Å²) in [5.41, 5.74) is 4.59. The molecule has 0 amide bonds. The van der Waals surface area contributed by atoms with Gasteiger partial charge in [-0.15, -0.1) is 0 Å². The van der Waals surface area contributed by atoms with Crippen LogP contribution in [0.25, 0.3) is 11.0 Å². The van der Waals surface area contributed by atoms with Crippen molar-refractivity contribution in [3.05, 3.63) is 89.7 Å². The fourth-order valence-electron chi connectivity index (χ4n) is 4.37. The number of hydrogen-bond acceptors (Lipinski definition) is 2. The Morgan fingerprint density at radius 3 is 1.93 bits per heavy atom. The van der Waals surface area contributed by atoms with E-state index in [1.54, 1.807) is 0 Å². The van der Waals surface area contributed by atoms with E-state index in [2.05, 4.69) is 112 Å². The highest BCUT2D eigenvalue weighted by atomic mass is 28.4. The van der Waals surface area contributed by atoms with Gasteiger partial charge in [0.1, 0.15) is 5.82 Å². The van der Waals surface area contributed by atoms with Gasteiger partial charge in [0.2, 0.25) is 0 Å². The molecule has 0 saturated carbocycles. The SMILES string of the molecule is Cc1ccc2[nH]c(CO[Si](c3ccccc3)(c3ccccc3)C(C)(C)C)nc2c1C. The first-order valence-corrected chi connectivity index (χ1v) is 12.4. The van der Waals surface area contributed by atoms with Crippen molar-refractivity contribution in [2.24, 2.45) is 0 Å². The first-order chi connectivity index (χ1) is 14.3. The number of H-pyrrole nitrogens is 1. The van der Waals surface area contributed by atoms with Crippen LogP contribution in [-0.2, 0) is 11.0 Å². The molecule has 3 nitrogen and oxygen atoms in total. The molecule has 1 heterocycles. The number of nitrogens with zero attached hydrogens (tertiary/aromatic N) is 1. The van der Waals surface area contributed by atoms with Crippen LogP contribution in [0, 0.1) is 13.8 Å². The van der Waals surface area contributed by atoms with Crippen molar-refractivity contribution >= 4 is 29.7 Å². The number of rotatable bonds is 5. The van der Waals surface area contributed by atoms with Crippen molar-refractivity contribution in [3.63, 3.8) is 0 Å². The van der Waals surface area contributed by atoms with Crippen LogP contribution in [0.4, 0.5) is 0 Å². The number of aromatic amines is 1. The van der Waals surface area contributed by atoms with Gasteiger partial charge in [-0.2, -0.15) is 0 Å². The summed E-state index contributed by atoms with van der Waals surface area (Å²) < 4.78 is 7.00. The largest absolute Gasteiger partial charge is 0.400 e. The minimum atomic E-state index is -2.57. The molecule has 0 radical (unpaired) electrons. The van der Waals surface area contributed by atoms with E-state index in [0.29, 0.717) is 6.61 Å². The summed E-state index contributed by atoms with van der Waals surface area (Å²) in [6, 6.07) is 25.7. The predicted molar refractivity (Wildman–Crippen MR) is 128 cm³/mol. The molecule has 30 heavy (non-hydrogen) atoms. The molecule has 0 saturated heterocycles. The van der Waals surface area contributed by atoms with Gasteiger partial charge < -0.3 is 9.41 Å². The molecule has 0 bridgehead atoms. The maximum absolute atomic E-state index is 7.00. The van der Waals surface area contributed by atoms with E-state index in [9.17, 15) is 0 Å². The zero-order valence-electron chi connectivity index (χ0n) is 18.5. The van der Waals surface area contributed by atoms with Gasteiger partial charge in [0.05, 0.1) is 17.6 Å². The molecule has 4 aromatic rings. The van der Waals surface area contributed by atoms with Crippen LogP contribution in [0.15, 0.2) is 72.8 Å². The Kier molecular flexibility index (Phi) is 5.39. The zero-order chi connectivity index (χ0) is 21.4. The van der Waals surface area contributed by atoms with Crippen LogP contribution in [0.3, 0.4) is 0 Å². The quantitative estimate of drug-likeness (QED) is 0.453. The maximum Gasteiger partial charge on any atom is 0.261 e. The van der Waals surface area contributed by atoms with Gasteiger partial charge in [-0.25, -0.2) is 4.98 Å². The number of fused-ring (bicyclic) bond motifs is 1. The third-order valence-corrected chi connectivity index (χ3v) is 11.1. The molecule has 1 aromatic heterocycles. The van der Waals surface area contributed by atoms with E-state index in [1.807, 2.05) is 0 Å². The second-order valence-electron chi connectivity index (χ2n) is 9.04. The minimum Gasteiger partial charge on any atom is -0.400 e.